The molecule has 0 nitrogen and oxygen atoms in total. The Kier molecular flexibility index (Phi) is 7.91. The Hall–Kier alpha value is -2.34. The van der Waals surface area contributed by atoms with Crippen LogP contribution in [0.1, 0.15) is 212 Å². The van der Waals surface area contributed by atoms with Gasteiger partial charge in [0.15, 0.2) is 0 Å². The maximum Gasteiger partial charge on any atom is 0.0458 e. The maximum absolute atomic E-state index is 2.69. The van der Waals surface area contributed by atoms with E-state index in [4.69, 9.17) is 0 Å². The van der Waals surface area contributed by atoms with Crippen LogP contribution in [-0.4, -0.2) is 0 Å². The Balaban J connectivity index is 2.07. The Labute approximate surface area is 258 Å². The van der Waals surface area contributed by atoms with Crippen LogP contribution < -0.4 is 0 Å². The van der Waals surface area contributed by atoms with Crippen molar-refractivity contribution in [2.75, 3.05) is 0 Å². The minimum absolute atomic E-state index is 0.131. The molecular weight excluding hydrogens is 504 g/mol. The van der Waals surface area contributed by atoms with Gasteiger partial charge >= 0.3 is 0 Å². The third-order valence-electron chi connectivity index (χ3n) is 11.2. The summed E-state index contributed by atoms with van der Waals surface area (Å²) < 4.78 is 0. The van der Waals surface area contributed by atoms with E-state index >= 15 is 0 Å². The first-order chi connectivity index (χ1) is 19.7. The van der Waals surface area contributed by atoms with Crippen molar-refractivity contribution in [1.29, 1.82) is 0 Å². The van der Waals surface area contributed by atoms with Crippen LogP contribution in [0.3, 0.4) is 0 Å². The first kappa shape index (κ1) is 31.1. The summed E-state index contributed by atoms with van der Waals surface area (Å²) in [6, 6.07) is 16.1. The van der Waals surface area contributed by atoms with Crippen LogP contribution in [0.15, 0.2) is 36.4 Å². The van der Waals surface area contributed by atoms with Gasteiger partial charge in [-0.25, -0.2) is 0 Å². The molecule has 3 aromatic carbocycles. The van der Waals surface area contributed by atoms with E-state index in [0.717, 1.165) is 12.8 Å². The predicted molar refractivity (Wildman–Crippen MR) is 184 cm³/mol. The molecule has 42 heavy (non-hydrogen) atoms. The van der Waals surface area contributed by atoms with E-state index in [1.54, 1.807) is 66.8 Å². The SMILES string of the molecule is CCC12c3cc(C(C)C)c(C(C)C)cc3C(CC)(c3cc(C(C)C)c(C(C)C)cc31)c1cc(C(C)C)c(C(C)C)cc12. The van der Waals surface area contributed by atoms with E-state index in [0.29, 0.717) is 35.5 Å². The van der Waals surface area contributed by atoms with E-state index in [1.807, 2.05) is 0 Å². The van der Waals surface area contributed by atoms with Gasteiger partial charge in [-0.3, -0.25) is 0 Å². The van der Waals surface area contributed by atoms with E-state index in [2.05, 4.69) is 133 Å². The van der Waals surface area contributed by atoms with Crippen LogP contribution in [-0.2, 0) is 10.8 Å². The second kappa shape index (κ2) is 10.7. The fourth-order valence-corrected chi connectivity index (χ4v) is 9.03. The number of benzene rings is 3. The van der Waals surface area contributed by atoms with E-state index in [-0.39, 0.29) is 10.8 Å². The van der Waals surface area contributed by atoms with Crippen molar-refractivity contribution in [3.63, 3.8) is 0 Å². The van der Waals surface area contributed by atoms with Crippen LogP contribution in [0.25, 0.3) is 0 Å². The highest BCUT2D eigenvalue weighted by atomic mass is 14.6. The molecule has 0 heteroatoms. The summed E-state index contributed by atoms with van der Waals surface area (Å²) >= 11 is 0. The largest absolute Gasteiger partial charge is 0.0639 e. The van der Waals surface area contributed by atoms with Crippen molar-refractivity contribution in [2.45, 2.75) is 156 Å². The highest BCUT2D eigenvalue weighted by Gasteiger charge is 2.58. The van der Waals surface area contributed by atoms with E-state index in [1.165, 1.54) is 0 Å². The summed E-state index contributed by atoms with van der Waals surface area (Å²) in [4.78, 5) is 0. The molecular formula is C42H58. The topological polar surface area (TPSA) is 0 Å². The fraction of sp³-hybridized carbons (Fsp3) is 0.571. The second-order valence-electron chi connectivity index (χ2n) is 15.5. The summed E-state index contributed by atoms with van der Waals surface area (Å²) in [5, 5.41) is 0. The zero-order chi connectivity index (χ0) is 31.0. The molecule has 0 aliphatic heterocycles. The lowest BCUT2D eigenvalue weighted by Gasteiger charge is -2.58. The summed E-state index contributed by atoms with van der Waals surface area (Å²) in [5.41, 5.74) is 18.6. The highest BCUT2D eigenvalue weighted by molar-refractivity contribution is 5.78. The molecule has 3 aromatic rings. The standard InChI is InChI=1S/C42H58/c1-15-41-35-17-29(23(3)4)32(26(9)10)20-38(35)42(16-2,39-21-33(27(11)12)30(24(5)6)18-36(39)41)40-22-34(28(13)14)31(25(7)8)19-37(40)41/h17-28H,15-16H2,1-14H3. The molecule has 226 valence electrons. The second-order valence-corrected chi connectivity index (χ2v) is 15.5. The van der Waals surface area contributed by atoms with Crippen molar-refractivity contribution in [3.05, 3.63) is 103 Å². The van der Waals surface area contributed by atoms with Gasteiger partial charge in [0.2, 0.25) is 0 Å². The zero-order valence-corrected chi connectivity index (χ0v) is 29.3. The monoisotopic (exact) mass is 562 g/mol. The summed E-state index contributed by atoms with van der Waals surface area (Å²) in [7, 11) is 0. The molecule has 3 aliphatic carbocycles. The average molecular weight is 563 g/mol. The lowest BCUT2D eigenvalue weighted by atomic mass is 9.44. The van der Waals surface area contributed by atoms with Gasteiger partial charge in [-0.05, 0) is 115 Å². The minimum Gasteiger partial charge on any atom is -0.0639 e. The first-order valence-electron chi connectivity index (χ1n) is 17.2. The first-order valence-corrected chi connectivity index (χ1v) is 17.2. The molecule has 0 saturated carbocycles. The number of hydrogen-bond acceptors (Lipinski definition) is 0. The molecule has 0 heterocycles. The third kappa shape index (κ3) is 4.06. The molecule has 6 rings (SSSR count). The quantitative estimate of drug-likeness (QED) is 0.256. The average Bonchev–Trinajstić information content (AvgIpc) is 2.94. The smallest absolute Gasteiger partial charge is 0.0458 e. The molecule has 0 fully saturated rings. The van der Waals surface area contributed by atoms with Crippen molar-refractivity contribution in [3.8, 4) is 0 Å². The predicted octanol–water partition coefficient (Wildman–Crippen LogP) is 12.5. The number of rotatable bonds is 8. The number of hydrogen-bond donors (Lipinski definition) is 0. The van der Waals surface area contributed by atoms with Crippen LogP contribution in [0.5, 0.6) is 0 Å². The zero-order valence-electron chi connectivity index (χ0n) is 29.3. The van der Waals surface area contributed by atoms with Crippen molar-refractivity contribution < 1.29 is 0 Å². The molecule has 0 atom stereocenters. The Bertz CT molecular complexity index is 1220. The molecule has 0 N–H and O–H groups in total. The Morgan fingerprint density at radius 1 is 0.333 bits per heavy atom. The minimum atomic E-state index is -0.131. The molecule has 3 aliphatic rings. The van der Waals surface area contributed by atoms with Gasteiger partial charge in [0.05, 0.1) is 0 Å². The van der Waals surface area contributed by atoms with E-state index in [9.17, 15) is 0 Å². The summed E-state index contributed by atoms with van der Waals surface area (Å²) in [6.45, 7) is 33.6. The lowest BCUT2D eigenvalue weighted by Crippen LogP contribution is -2.51. The maximum atomic E-state index is 2.69. The lowest BCUT2D eigenvalue weighted by molar-refractivity contribution is 0.436. The van der Waals surface area contributed by atoms with Gasteiger partial charge in [0.1, 0.15) is 0 Å². The highest BCUT2D eigenvalue weighted by Crippen LogP contribution is 2.66. The van der Waals surface area contributed by atoms with Gasteiger partial charge in [-0.15, -0.1) is 0 Å². The fourth-order valence-electron chi connectivity index (χ4n) is 9.03. The van der Waals surface area contributed by atoms with E-state index < -0.39 is 0 Å². The van der Waals surface area contributed by atoms with Crippen LogP contribution in [0.4, 0.5) is 0 Å². The van der Waals surface area contributed by atoms with Crippen molar-refractivity contribution >= 4 is 0 Å². The van der Waals surface area contributed by atoms with Gasteiger partial charge < -0.3 is 0 Å². The molecule has 0 amide bonds. The Morgan fingerprint density at radius 2 is 0.476 bits per heavy atom. The summed E-state index contributed by atoms with van der Waals surface area (Å²) in [5.74, 6) is 3.01. The van der Waals surface area contributed by atoms with Crippen molar-refractivity contribution in [1.82, 2.24) is 0 Å². The Morgan fingerprint density at radius 3 is 0.571 bits per heavy atom. The summed E-state index contributed by atoms with van der Waals surface area (Å²) in [6.07, 6.45) is 2.16. The van der Waals surface area contributed by atoms with Gasteiger partial charge in [0, 0.05) is 10.8 Å². The van der Waals surface area contributed by atoms with Crippen LogP contribution in [0.2, 0.25) is 0 Å². The third-order valence-corrected chi connectivity index (χ3v) is 11.2. The van der Waals surface area contributed by atoms with Crippen LogP contribution in [0, 0.1) is 0 Å². The molecule has 0 unspecified atom stereocenters. The normalized spacial score (nSPS) is 20.9. The van der Waals surface area contributed by atoms with Gasteiger partial charge in [-0.2, -0.15) is 0 Å². The van der Waals surface area contributed by atoms with Gasteiger partial charge in [0.25, 0.3) is 0 Å². The molecule has 0 spiro atoms. The molecule has 0 aromatic heterocycles. The molecule has 0 radical (unpaired) electrons. The van der Waals surface area contributed by atoms with Crippen molar-refractivity contribution in [2.24, 2.45) is 0 Å². The van der Waals surface area contributed by atoms with Gasteiger partial charge in [-0.1, -0.05) is 133 Å². The van der Waals surface area contributed by atoms with Crippen LogP contribution >= 0.6 is 0 Å². The molecule has 0 saturated heterocycles. The molecule has 2 bridgehead atoms.